The van der Waals surface area contributed by atoms with Crippen LogP contribution in [0.2, 0.25) is 5.02 Å². The van der Waals surface area contributed by atoms with Crippen LogP contribution in [0.15, 0.2) is 18.2 Å². The van der Waals surface area contributed by atoms with E-state index >= 15 is 0 Å². The van der Waals surface area contributed by atoms with Crippen molar-refractivity contribution in [2.75, 3.05) is 0 Å². The second-order valence-electron chi connectivity index (χ2n) is 2.07. The lowest BCUT2D eigenvalue weighted by atomic mass is 10.3. The molecule has 0 unspecified atom stereocenters. The first-order valence-corrected chi connectivity index (χ1v) is 3.37. The molecule has 4 heteroatoms. The van der Waals surface area contributed by atoms with E-state index in [-0.39, 0.29) is 0 Å². The summed E-state index contributed by atoms with van der Waals surface area (Å²) in [6.07, 6.45) is -0.604. The molecule has 11 heavy (non-hydrogen) atoms. The summed E-state index contributed by atoms with van der Waals surface area (Å²) in [6, 6.07) is 5.01. The third-order valence-corrected chi connectivity index (χ3v) is 1.66. The Balaban J connectivity index is 2.57. The highest BCUT2D eigenvalue weighted by atomic mass is 35.5. The van der Waals surface area contributed by atoms with E-state index in [9.17, 15) is 4.79 Å². The van der Waals surface area contributed by atoms with Crippen molar-refractivity contribution in [2.45, 2.75) is 0 Å². The maximum absolute atomic E-state index is 10.6. The summed E-state index contributed by atoms with van der Waals surface area (Å²) >= 11 is 5.71. The third kappa shape index (κ3) is 0.935. The normalized spacial score (nSPS) is 13.7. The molecule has 1 heterocycles. The zero-order valence-electron chi connectivity index (χ0n) is 5.37. The average molecular weight is 169 g/mol. The quantitative estimate of drug-likeness (QED) is 0.595. The summed E-state index contributed by atoms with van der Waals surface area (Å²) < 4.78 is 4.70. The number of hydrogen-bond donors (Lipinski definition) is 0. The van der Waals surface area contributed by atoms with Gasteiger partial charge in [0.25, 0.3) is 0 Å². The lowest BCUT2D eigenvalue weighted by molar-refractivity contribution is 0.211. The second-order valence-corrected chi connectivity index (χ2v) is 2.47. The molecule has 1 aromatic carbocycles. The Bertz CT molecular complexity index is 324. The van der Waals surface area contributed by atoms with Crippen LogP contribution in [0.3, 0.4) is 0 Å². The number of amides is 1. The van der Waals surface area contributed by atoms with Crippen molar-refractivity contribution in [1.82, 2.24) is 5.32 Å². The zero-order chi connectivity index (χ0) is 7.84. The second kappa shape index (κ2) is 2.13. The molecule has 1 amide bonds. The number of halogens is 1. The largest absolute Gasteiger partial charge is 0.439 e. The molecule has 1 radical (unpaired) electrons. The van der Waals surface area contributed by atoms with Gasteiger partial charge in [-0.1, -0.05) is 17.7 Å². The van der Waals surface area contributed by atoms with Gasteiger partial charge in [0.2, 0.25) is 0 Å². The summed E-state index contributed by atoms with van der Waals surface area (Å²) in [5, 5.41) is 4.00. The molecule has 0 bridgehead atoms. The molecular formula is C7H3ClNO2. The van der Waals surface area contributed by atoms with Crippen LogP contribution in [-0.4, -0.2) is 6.09 Å². The van der Waals surface area contributed by atoms with Crippen LogP contribution < -0.4 is 10.1 Å². The van der Waals surface area contributed by atoms with Crippen LogP contribution in [0.4, 0.5) is 10.5 Å². The molecule has 1 aliphatic heterocycles. The fraction of sp³-hybridized carbons (Fsp3) is 0. The summed E-state index contributed by atoms with van der Waals surface area (Å²) in [5.74, 6) is 0.433. The predicted octanol–water partition coefficient (Wildman–Crippen LogP) is 2.09. The molecule has 55 valence electrons. The van der Waals surface area contributed by atoms with Crippen molar-refractivity contribution in [3.8, 4) is 5.75 Å². The van der Waals surface area contributed by atoms with Gasteiger partial charge in [0, 0.05) is 0 Å². The van der Waals surface area contributed by atoms with Crippen molar-refractivity contribution in [2.24, 2.45) is 0 Å². The number of para-hydroxylation sites is 1. The van der Waals surface area contributed by atoms with E-state index in [1.165, 1.54) is 0 Å². The topological polar surface area (TPSA) is 40.4 Å². The highest BCUT2D eigenvalue weighted by Crippen LogP contribution is 2.36. The molecule has 0 N–H and O–H groups in total. The van der Waals surface area contributed by atoms with E-state index < -0.39 is 6.09 Å². The molecule has 1 aromatic rings. The van der Waals surface area contributed by atoms with Gasteiger partial charge in [-0.05, 0) is 12.1 Å². The number of hydrogen-bond acceptors (Lipinski definition) is 2. The lowest BCUT2D eigenvalue weighted by Gasteiger charge is -1.93. The summed E-state index contributed by atoms with van der Waals surface area (Å²) in [5.41, 5.74) is 0.430. The minimum Gasteiger partial charge on any atom is -0.406 e. The molecule has 1 aliphatic rings. The highest BCUT2D eigenvalue weighted by Gasteiger charge is 2.23. The molecule has 0 spiro atoms. The number of nitrogens with zero attached hydrogens (tertiary/aromatic N) is 1. The molecule has 0 fully saturated rings. The van der Waals surface area contributed by atoms with Crippen LogP contribution in [-0.2, 0) is 0 Å². The number of ether oxygens (including phenoxy) is 1. The summed E-state index contributed by atoms with van der Waals surface area (Å²) in [4.78, 5) is 10.6. The van der Waals surface area contributed by atoms with Gasteiger partial charge in [0.15, 0.2) is 5.75 Å². The maximum atomic E-state index is 10.6. The smallest absolute Gasteiger partial charge is 0.406 e. The molecule has 0 saturated carbocycles. The summed E-state index contributed by atoms with van der Waals surface area (Å²) in [7, 11) is 0. The van der Waals surface area contributed by atoms with Crippen molar-refractivity contribution in [1.29, 1.82) is 0 Å². The highest BCUT2D eigenvalue weighted by molar-refractivity contribution is 6.33. The minimum absolute atomic E-state index is 0.430. The summed E-state index contributed by atoms with van der Waals surface area (Å²) in [6.45, 7) is 0. The first-order valence-electron chi connectivity index (χ1n) is 2.99. The fourth-order valence-electron chi connectivity index (χ4n) is 0.895. The maximum Gasteiger partial charge on any atom is 0.439 e. The molecule has 0 aliphatic carbocycles. The van der Waals surface area contributed by atoms with Gasteiger partial charge >= 0.3 is 6.09 Å². The number of benzene rings is 1. The predicted molar refractivity (Wildman–Crippen MR) is 39.3 cm³/mol. The van der Waals surface area contributed by atoms with E-state index in [4.69, 9.17) is 16.3 Å². The van der Waals surface area contributed by atoms with Gasteiger partial charge < -0.3 is 4.74 Å². The van der Waals surface area contributed by atoms with E-state index in [1.807, 2.05) is 0 Å². The zero-order valence-corrected chi connectivity index (χ0v) is 6.13. The Morgan fingerprint density at radius 2 is 2.27 bits per heavy atom. The minimum atomic E-state index is -0.604. The van der Waals surface area contributed by atoms with Gasteiger partial charge in [-0.25, -0.2) is 4.79 Å². The van der Waals surface area contributed by atoms with Crippen molar-refractivity contribution in [3.05, 3.63) is 23.2 Å². The molecule has 0 saturated heterocycles. The van der Waals surface area contributed by atoms with Crippen LogP contribution in [0.25, 0.3) is 0 Å². The monoisotopic (exact) mass is 168 g/mol. The third-order valence-electron chi connectivity index (χ3n) is 1.35. The molecule has 2 rings (SSSR count). The lowest BCUT2D eigenvalue weighted by Crippen LogP contribution is -2.05. The molecular weight excluding hydrogens is 166 g/mol. The number of carbonyl (C=O) groups excluding carboxylic acids is 1. The van der Waals surface area contributed by atoms with Crippen LogP contribution >= 0.6 is 11.6 Å². The van der Waals surface area contributed by atoms with Crippen molar-refractivity contribution < 1.29 is 9.53 Å². The first-order chi connectivity index (χ1) is 5.27. The average Bonchev–Trinajstić information content (AvgIpc) is 2.31. The van der Waals surface area contributed by atoms with Gasteiger partial charge in [-0.2, -0.15) is 5.32 Å². The Kier molecular flexibility index (Phi) is 1.26. The van der Waals surface area contributed by atoms with E-state index in [1.54, 1.807) is 18.2 Å². The standard InChI is InChI=1S/C7H3ClNO2/c8-4-2-1-3-5-6(4)9-7(10)11-5/h1-3H. The van der Waals surface area contributed by atoms with Crippen LogP contribution in [0, 0.1) is 0 Å². The van der Waals surface area contributed by atoms with Crippen LogP contribution in [0.1, 0.15) is 0 Å². The Hall–Kier alpha value is -1.22. The van der Waals surface area contributed by atoms with E-state index in [2.05, 4.69) is 5.32 Å². The number of fused-ring (bicyclic) bond motifs is 1. The molecule has 0 aromatic heterocycles. The van der Waals surface area contributed by atoms with Crippen molar-refractivity contribution >= 4 is 23.4 Å². The number of carbonyl (C=O) groups is 1. The van der Waals surface area contributed by atoms with Gasteiger partial charge in [0.05, 0.1) is 5.02 Å². The SMILES string of the molecule is O=C1[N]c2c(Cl)cccc2O1. The fourth-order valence-corrected chi connectivity index (χ4v) is 1.10. The van der Waals surface area contributed by atoms with E-state index in [0.29, 0.717) is 16.5 Å². The van der Waals surface area contributed by atoms with Gasteiger partial charge in [-0.3, -0.25) is 0 Å². The van der Waals surface area contributed by atoms with E-state index in [0.717, 1.165) is 0 Å². The Morgan fingerprint density at radius 3 is 3.00 bits per heavy atom. The first kappa shape index (κ1) is 6.49. The Labute approximate surface area is 67.9 Å². The Morgan fingerprint density at radius 1 is 1.45 bits per heavy atom. The molecule has 0 atom stereocenters. The number of rotatable bonds is 0. The van der Waals surface area contributed by atoms with Gasteiger partial charge in [-0.15, -0.1) is 0 Å². The molecule has 3 nitrogen and oxygen atoms in total. The van der Waals surface area contributed by atoms with Crippen molar-refractivity contribution in [3.63, 3.8) is 0 Å². The van der Waals surface area contributed by atoms with Gasteiger partial charge in [0.1, 0.15) is 5.69 Å². The van der Waals surface area contributed by atoms with Crippen LogP contribution in [0.5, 0.6) is 5.75 Å².